The molecule has 23 heavy (non-hydrogen) atoms. The molecule has 0 fully saturated rings. The van der Waals surface area contributed by atoms with Crippen LogP contribution in [0.1, 0.15) is 22.8 Å². The summed E-state index contributed by atoms with van der Waals surface area (Å²) in [6.07, 6.45) is 0. The number of rotatable bonds is 5. The second-order valence-electron chi connectivity index (χ2n) is 4.87. The van der Waals surface area contributed by atoms with Gasteiger partial charge in [-0.15, -0.1) is 0 Å². The summed E-state index contributed by atoms with van der Waals surface area (Å²) >= 11 is 5.79. The fraction of sp³-hybridized carbons (Fsp3) is 0.118. The van der Waals surface area contributed by atoms with Gasteiger partial charge in [-0.2, -0.15) is 0 Å². The van der Waals surface area contributed by atoms with Crippen LogP contribution in [-0.2, 0) is 16.1 Å². The molecule has 2 aromatic carbocycles. The number of ketones is 1. The first-order valence-electron chi connectivity index (χ1n) is 6.91. The molecule has 118 valence electrons. The summed E-state index contributed by atoms with van der Waals surface area (Å²) < 4.78 is 0. The van der Waals surface area contributed by atoms with Crippen molar-refractivity contribution >= 4 is 34.9 Å². The van der Waals surface area contributed by atoms with Crippen LogP contribution in [0, 0.1) is 0 Å². The standard InChI is InChI=1S/C17H15ClN2O3/c1-11(21)20-15-5-3-2-4-14(15)16(22)17(23)19-10-12-6-8-13(18)9-7-12/h2-9H,10H2,1H3,(H,19,23)(H,20,21). The van der Waals surface area contributed by atoms with Gasteiger partial charge < -0.3 is 10.6 Å². The average molecular weight is 331 g/mol. The minimum Gasteiger partial charge on any atom is -0.345 e. The zero-order valence-electron chi connectivity index (χ0n) is 12.4. The summed E-state index contributed by atoms with van der Waals surface area (Å²) in [7, 11) is 0. The predicted octanol–water partition coefficient (Wildman–Crippen LogP) is 2.80. The molecule has 0 saturated heterocycles. The second-order valence-corrected chi connectivity index (χ2v) is 5.30. The van der Waals surface area contributed by atoms with Gasteiger partial charge in [-0.1, -0.05) is 35.9 Å². The van der Waals surface area contributed by atoms with Crippen molar-refractivity contribution in [3.05, 3.63) is 64.7 Å². The van der Waals surface area contributed by atoms with Crippen molar-refractivity contribution in [2.75, 3.05) is 5.32 Å². The first-order chi connectivity index (χ1) is 11.0. The quantitative estimate of drug-likeness (QED) is 0.654. The Morgan fingerprint density at radius 1 is 1.00 bits per heavy atom. The SMILES string of the molecule is CC(=O)Nc1ccccc1C(=O)C(=O)NCc1ccc(Cl)cc1. The fourth-order valence-electron chi connectivity index (χ4n) is 1.97. The number of carbonyl (C=O) groups is 3. The molecule has 0 bridgehead atoms. The number of amides is 2. The number of halogens is 1. The van der Waals surface area contributed by atoms with Gasteiger partial charge >= 0.3 is 0 Å². The molecule has 0 aromatic heterocycles. The van der Waals surface area contributed by atoms with Crippen LogP contribution in [0.3, 0.4) is 0 Å². The lowest BCUT2D eigenvalue weighted by Gasteiger charge is -2.09. The molecule has 0 radical (unpaired) electrons. The summed E-state index contributed by atoms with van der Waals surface area (Å²) in [5.74, 6) is -1.76. The highest BCUT2D eigenvalue weighted by Gasteiger charge is 2.19. The molecule has 2 N–H and O–H groups in total. The Balaban J connectivity index is 2.06. The summed E-state index contributed by atoms with van der Waals surface area (Å²) in [5, 5.41) is 5.69. The van der Waals surface area contributed by atoms with Crippen molar-refractivity contribution < 1.29 is 14.4 Å². The number of carbonyl (C=O) groups excluding carboxylic acids is 3. The van der Waals surface area contributed by atoms with E-state index in [0.29, 0.717) is 10.7 Å². The third-order valence-electron chi connectivity index (χ3n) is 3.05. The number of hydrogen-bond acceptors (Lipinski definition) is 3. The summed E-state index contributed by atoms with van der Waals surface area (Å²) in [6.45, 7) is 1.55. The molecule has 0 atom stereocenters. The van der Waals surface area contributed by atoms with Crippen molar-refractivity contribution in [1.82, 2.24) is 5.32 Å². The number of para-hydroxylation sites is 1. The van der Waals surface area contributed by atoms with E-state index in [1.165, 1.54) is 13.0 Å². The van der Waals surface area contributed by atoms with Crippen LogP contribution in [-0.4, -0.2) is 17.6 Å². The number of anilines is 1. The summed E-state index contributed by atoms with van der Waals surface area (Å²) in [4.78, 5) is 35.4. The largest absolute Gasteiger partial charge is 0.345 e. The van der Waals surface area contributed by atoms with E-state index in [4.69, 9.17) is 11.6 Å². The third-order valence-corrected chi connectivity index (χ3v) is 3.31. The normalized spacial score (nSPS) is 10.0. The topological polar surface area (TPSA) is 75.3 Å². The molecule has 6 heteroatoms. The van der Waals surface area contributed by atoms with Gasteiger partial charge in [-0.05, 0) is 29.8 Å². The van der Waals surface area contributed by atoms with E-state index < -0.39 is 11.7 Å². The lowest BCUT2D eigenvalue weighted by atomic mass is 10.1. The van der Waals surface area contributed by atoms with Gasteiger partial charge in [0.25, 0.3) is 11.7 Å². The molecule has 0 saturated carbocycles. The number of nitrogens with one attached hydrogen (secondary N) is 2. The maximum absolute atomic E-state index is 12.2. The highest BCUT2D eigenvalue weighted by Crippen LogP contribution is 2.16. The summed E-state index contributed by atoms with van der Waals surface area (Å²) in [5.41, 5.74) is 1.29. The van der Waals surface area contributed by atoms with Gasteiger partial charge in [0.1, 0.15) is 0 Å². The molecule has 2 rings (SSSR count). The maximum Gasteiger partial charge on any atom is 0.292 e. The Bertz CT molecular complexity index is 742. The Hall–Kier alpha value is -2.66. The molecular weight excluding hydrogens is 316 g/mol. The van der Waals surface area contributed by atoms with Gasteiger partial charge in [-0.25, -0.2) is 0 Å². The van der Waals surface area contributed by atoms with E-state index in [-0.39, 0.29) is 18.0 Å². The number of hydrogen-bond donors (Lipinski definition) is 2. The monoisotopic (exact) mass is 330 g/mol. The van der Waals surface area contributed by atoms with Crippen molar-refractivity contribution in [2.45, 2.75) is 13.5 Å². The van der Waals surface area contributed by atoms with E-state index in [1.807, 2.05) is 0 Å². The van der Waals surface area contributed by atoms with Crippen molar-refractivity contribution in [1.29, 1.82) is 0 Å². The molecule has 0 spiro atoms. The third kappa shape index (κ3) is 4.66. The first kappa shape index (κ1) is 16.7. The maximum atomic E-state index is 12.2. The minimum absolute atomic E-state index is 0.149. The van der Waals surface area contributed by atoms with E-state index in [1.54, 1.807) is 42.5 Å². The average Bonchev–Trinajstić information content (AvgIpc) is 2.53. The first-order valence-corrected chi connectivity index (χ1v) is 7.29. The van der Waals surface area contributed by atoms with Crippen LogP contribution < -0.4 is 10.6 Å². The van der Waals surface area contributed by atoms with E-state index in [9.17, 15) is 14.4 Å². The number of Topliss-reactive ketones (excluding diaryl/α,β-unsaturated/α-hetero) is 1. The fourth-order valence-corrected chi connectivity index (χ4v) is 2.09. The zero-order chi connectivity index (χ0) is 16.8. The van der Waals surface area contributed by atoms with E-state index >= 15 is 0 Å². The van der Waals surface area contributed by atoms with Crippen LogP contribution in [0.25, 0.3) is 0 Å². The van der Waals surface area contributed by atoms with Gasteiger partial charge in [-0.3, -0.25) is 14.4 Å². The Labute approximate surface area is 138 Å². The molecule has 0 aliphatic heterocycles. The molecule has 2 aromatic rings. The highest BCUT2D eigenvalue weighted by molar-refractivity contribution is 6.44. The van der Waals surface area contributed by atoms with Crippen LogP contribution >= 0.6 is 11.6 Å². The van der Waals surface area contributed by atoms with Crippen LogP contribution in [0.2, 0.25) is 5.02 Å². The predicted molar refractivity (Wildman–Crippen MR) is 88.4 cm³/mol. The highest BCUT2D eigenvalue weighted by atomic mass is 35.5. The van der Waals surface area contributed by atoms with Crippen LogP contribution in [0.15, 0.2) is 48.5 Å². The Kier molecular flexibility index (Phi) is 5.49. The van der Waals surface area contributed by atoms with Gasteiger partial charge in [0.15, 0.2) is 0 Å². The molecule has 2 amide bonds. The minimum atomic E-state index is -0.738. The van der Waals surface area contributed by atoms with Gasteiger partial charge in [0.05, 0.1) is 11.3 Å². The smallest absolute Gasteiger partial charge is 0.292 e. The molecule has 0 aliphatic rings. The van der Waals surface area contributed by atoms with E-state index in [0.717, 1.165) is 5.56 Å². The molecule has 0 aliphatic carbocycles. The Morgan fingerprint density at radius 2 is 1.65 bits per heavy atom. The van der Waals surface area contributed by atoms with E-state index in [2.05, 4.69) is 10.6 Å². The molecule has 0 heterocycles. The lowest BCUT2D eigenvalue weighted by molar-refractivity contribution is -0.117. The van der Waals surface area contributed by atoms with Crippen molar-refractivity contribution in [3.8, 4) is 0 Å². The molecular formula is C17H15ClN2O3. The second kappa shape index (κ2) is 7.56. The summed E-state index contributed by atoms with van der Waals surface area (Å²) in [6, 6.07) is 13.3. The van der Waals surface area contributed by atoms with Crippen LogP contribution in [0.5, 0.6) is 0 Å². The number of benzene rings is 2. The van der Waals surface area contributed by atoms with Crippen molar-refractivity contribution in [2.24, 2.45) is 0 Å². The van der Waals surface area contributed by atoms with Crippen molar-refractivity contribution in [3.63, 3.8) is 0 Å². The van der Waals surface area contributed by atoms with Gasteiger partial charge in [0, 0.05) is 18.5 Å². The van der Waals surface area contributed by atoms with Crippen LogP contribution in [0.4, 0.5) is 5.69 Å². The lowest BCUT2D eigenvalue weighted by Crippen LogP contribution is -2.31. The molecule has 5 nitrogen and oxygen atoms in total. The van der Waals surface area contributed by atoms with Gasteiger partial charge in [0.2, 0.25) is 5.91 Å². The zero-order valence-corrected chi connectivity index (χ0v) is 13.2. The Morgan fingerprint density at radius 3 is 2.30 bits per heavy atom. The molecule has 0 unspecified atom stereocenters.